The molecule has 2 aromatic rings. The number of piperazine rings is 1. The van der Waals surface area contributed by atoms with Gasteiger partial charge in [0.1, 0.15) is 11.5 Å². The van der Waals surface area contributed by atoms with Gasteiger partial charge in [-0.05, 0) is 25.1 Å². The van der Waals surface area contributed by atoms with Crippen LogP contribution >= 0.6 is 0 Å². The Bertz CT molecular complexity index is 912. The van der Waals surface area contributed by atoms with Gasteiger partial charge < -0.3 is 24.6 Å². The number of amides is 1. The fourth-order valence-corrected chi connectivity index (χ4v) is 3.63. The molecule has 2 N–H and O–H groups in total. The zero-order valence-corrected chi connectivity index (χ0v) is 17.4. The van der Waals surface area contributed by atoms with Crippen molar-refractivity contribution in [3.05, 3.63) is 52.6 Å². The zero-order chi connectivity index (χ0) is 21.7. The van der Waals surface area contributed by atoms with Crippen LogP contribution in [0.4, 0.5) is 17.1 Å². The number of nitrogens with one attached hydrogen (secondary N) is 2. The molecule has 1 aliphatic rings. The fourth-order valence-electron chi connectivity index (χ4n) is 3.63. The maximum absolute atomic E-state index is 12.8. The average Bonchev–Trinajstić information content (AvgIpc) is 2.78. The molecule has 0 radical (unpaired) electrons. The van der Waals surface area contributed by atoms with Crippen molar-refractivity contribution in [1.29, 1.82) is 0 Å². The highest BCUT2D eigenvalue weighted by atomic mass is 16.6. The van der Waals surface area contributed by atoms with Gasteiger partial charge in [-0.15, -0.1) is 0 Å². The van der Waals surface area contributed by atoms with Crippen molar-refractivity contribution in [2.75, 3.05) is 50.6 Å². The number of quaternary nitrogens is 1. The maximum atomic E-state index is 12.8. The number of carbonyl (C=O) groups excluding carboxylic acids is 1. The first-order valence-electron chi connectivity index (χ1n) is 9.79. The Labute approximate surface area is 175 Å². The van der Waals surface area contributed by atoms with Crippen LogP contribution in [0, 0.1) is 10.1 Å². The lowest BCUT2D eigenvalue weighted by atomic mass is 10.2. The van der Waals surface area contributed by atoms with Gasteiger partial charge in [0.15, 0.2) is 6.04 Å². The van der Waals surface area contributed by atoms with Crippen molar-refractivity contribution in [3.63, 3.8) is 0 Å². The first kappa shape index (κ1) is 21.4. The van der Waals surface area contributed by atoms with Gasteiger partial charge in [0.05, 0.1) is 51.0 Å². The van der Waals surface area contributed by atoms with Crippen molar-refractivity contribution in [1.82, 2.24) is 0 Å². The third-order valence-corrected chi connectivity index (χ3v) is 5.48. The molecular weight excluding hydrogens is 388 g/mol. The SMILES string of the molecule is COc1cccc(N2CC[NH+]([C@H](C)C(=O)Nc3cc([N+](=O)[O-])ccc3OC)CC2)c1. The molecule has 0 bridgehead atoms. The number of hydrogen-bond acceptors (Lipinski definition) is 6. The first-order chi connectivity index (χ1) is 14.4. The molecular formula is C21H27N4O5+. The summed E-state index contributed by atoms with van der Waals surface area (Å²) in [6.45, 7) is 5.12. The molecule has 3 rings (SSSR count). The first-order valence-corrected chi connectivity index (χ1v) is 9.79. The minimum Gasteiger partial charge on any atom is -0.497 e. The van der Waals surface area contributed by atoms with Gasteiger partial charge in [0, 0.05) is 23.9 Å². The van der Waals surface area contributed by atoms with Gasteiger partial charge in [-0.25, -0.2) is 0 Å². The zero-order valence-electron chi connectivity index (χ0n) is 17.4. The minimum absolute atomic E-state index is 0.0991. The maximum Gasteiger partial charge on any atom is 0.282 e. The van der Waals surface area contributed by atoms with Crippen LogP contribution in [0.15, 0.2) is 42.5 Å². The highest BCUT2D eigenvalue weighted by molar-refractivity contribution is 5.95. The summed E-state index contributed by atoms with van der Waals surface area (Å²) < 4.78 is 10.5. The Hall–Kier alpha value is -3.33. The lowest BCUT2D eigenvalue weighted by Crippen LogP contribution is -3.19. The summed E-state index contributed by atoms with van der Waals surface area (Å²) in [4.78, 5) is 26.8. The van der Waals surface area contributed by atoms with Crippen molar-refractivity contribution in [3.8, 4) is 11.5 Å². The molecule has 1 saturated heterocycles. The summed E-state index contributed by atoms with van der Waals surface area (Å²) in [5.74, 6) is 1.01. The number of nitro benzene ring substituents is 1. The molecule has 1 fully saturated rings. The molecule has 160 valence electrons. The third kappa shape index (κ3) is 4.80. The number of hydrogen-bond donors (Lipinski definition) is 2. The highest BCUT2D eigenvalue weighted by Gasteiger charge is 2.30. The summed E-state index contributed by atoms with van der Waals surface area (Å²) in [7, 11) is 3.11. The third-order valence-electron chi connectivity index (χ3n) is 5.48. The molecule has 0 saturated carbocycles. The molecule has 1 amide bonds. The van der Waals surface area contributed by atoms with Gasteiger partial charge in [-0.1, -0.05) is 6.07 Å². The number of nitrogens with zero attached hydrogens (tertiary/aromatic N) is 2. The Balaban J connectivity index is 1.62. The van der Waals surface area contributed by atoms with E-state index in [0.717, 1.165) is 42.5 Å². The molecule has 0 aromatic heterocycles. The van der Waals surface area contributed by atoms with Crippen LogP contribution < -0.4 is 24.6 Å². The van der Waals surface area contributed by atoms with E-state index in [1.807, 2.05) is 25.1 Å². The molecule has 1 atom stereocenters. The van der Waals surface area contributed by atoms with E-state index in [0.29, 0.717) is 11.4 Å². The molecule has 1 heterocycles. The Kier molecular flexibility index (Phi) is 6.73. The van der Waals surface area contributed by atoms with Crippen LogP contribution in [0.2, 0.25) is 0 Å². The summed E-state index contributed by atoms with van der Waals surface area (Å²) in [5.41, 5.74) is 1.31. The number of ether oxygens (including phenoxy) is 2. The molecule has 9 heteroatoms. The molecule has 0 unspecified atom stereocenters. The summed E-state index contributed by atoms with van der Waals surface area (Å²) in [6, 6.07) is 11.8. The van der Waals surface area contributed by atoms with Crippen molar-refractivity contribution in [2.45, 2.75) is 13.0 Å². The van der Waals surface area contributed by atoms with E-state index in [4.69, 9.17) is 9.47 Å². The van der Waals surface area contributed by atoms with Gasteiger partial charge in [0.25, 0.3) is 11.6 Å². The number of carbonyl (C=O) groups is 1. The van der Waals surface area contributed by atoms with E-state index in [9.17, 15) is 14.9 Å². The van der Waals surface area contributed by atoms with Gasteiger partial charge in [0.2, 0.25) is 0 Å². The fraction of sp³-hybridized carbons (Fsp3) is 0.381. The van der Waals surface area contributed by atoms with Crippen LogP contribution in [0.1, 0.15) is 6.92 Å². The lowest BCUT2D eigenvalue weighted by Gasteiger charge is -2.36. The number of rotatable bonds is 7. The summed E-state index contributed by atoms with van der Waals surface area (Å²) in [6.07, 6.45) is 0. The van der Waals surface area contributed by atoms with Crippen LogP contribution in [0.3, 0.4) is 0 Å². The number of non-ortho nitro benzene ring substituents is 1. The number of anilines is 2. The molecule has 0 spiro atoms. The standard InChI is InChI=1S/C21H26N4O5/c1-15(21(26)22-19-14-17(25(27)28)7-8-20(19)30-3)23-9-11-24(12-10-23)16-5-4-6-18(13-16)29-2/h4-8,13-15H,9-12H2,1-3H3,(H,22,26)/p+1/t15-/m1/s1. The Morgan fingerprint density at radius 2 is 1.90 bits per heavy atom. The van der Waals surface area contributed by atoms with Crippen molar-refractivity contribution in [2.24, 2.45) is 0 Å². The van der Waals surface area contributed by atoms with Crippen LogP contribution in [-0.2, 0) is 4.79 Å². The second-order valence-corrected chi connectivity index (χ2v) is 7.20. The smallest absolute Gasteiger partial charge is 0.282 e. The average molecular weight is 415 g/mol. The van der Waals surface area contributed by atoms with E-state index in [1.54, 1.807) is 7.11 Å². The number of nitro groups is 1. The highest BCUT2D eigenvalue weighted by Crippen LogP contribution is 2.29. The van der Waals surface area contributed by atoms with Gasteiger partial charge >= 0.3 is 0 Å². The molecule has 2 aromatic carbocycles. The number of benzene rings is 2. The Morgan fingerprint density at radius 3 is 2.53 bits per heavy atom. The Morgan fingerprint density at radius 1 is 1.17 bits per heavy atom. The number of methoxy groups -OCH3 is 2. The quantitative estimate of drug-likeness (QED) is 0.523. The second kappa shape index (κ2) is 9.45. The van der Waals surface area contributed by atoms with Crippen LogP contribution in [0.5, 0.6) is 11.5 Å². The van der Waals surface area contributed by atoms with Crippen LogP contribution in [0.25, 0.3) is 0 Å². The van der Waals surface area contributed by atoms with E-state index in [1.165, 1.54) is 25.3 Å². The van der Waals surface area contributed by atoms with E-state index in [-0.39, 0.29) is 17.6 Å². The minimum atomic E-state index is -0.498. The summed E-state index contributed by atoms with van der Waals surface area (Å²) >= 11 is 0. The second-order valence-electron chi connectivity index (χ2n) is 7.20. The molecule has 0 aliphatic carbocycles. The van der Waals surface area contributed by atoms with Gasteiger partial charge in [-0.2, -0.15) is 0 Å². The normalized spacial score (nSPS) is 15.4. The van der Waals surface area contributed by atoms with E-state index in [2.05, 4.69) is 16.3 Å². The molecule has 9 nitrogen and oxygen atoms in total. The van der Waals surface area contributed by atoms with Crippen molar-refractivity contribution >= 4 is 23.0 Å². The van der Waals surface area contributed by atoms with Crippen LogP contribution in [-0.4, -0.2) is 57.3 Å². The topological polar surface area (TPSA) is 98.4 Å². The monoisotopic (exact) mass is 415 g/mol. The molecule has 1 aliphatic heterocycles. The van der Waals surface area contributed by atoms with E-state index < -0.39 is 4.92 Å². The van der Waals surface area contributed by atoms with E-state index >= 15 is 0 Å². The van der Waals surface area contributed by atoms with Crippen molar-refractivity contribution < 1.29 is 24.1 Å². The largest absolute Gasteiger partial charge is 0.497 e. The molecule has 30 heavy (non-hydrogen) atoms. The van der Waals surface area contributed by atoms with Gasteiger partial charge in [-0.3, -0.25) is 14.9 Å². The lowest BCUT2D eigenvalue weighted by molar-refractivity contribution is -0.914. The predicted octanol–water partition coefficient (Wildman–Crippen LogP) is 1.34. The summed E-state index contributed by atoms with van der Waals surface area (Å²) in [5, 5.41) is 13.8. The predicted molar refractivity (Wildman–Crippen MR) is 114 cm³/mol.